The van der Waals surface area contributed by atoms with Gasteiger partial charge >= 0.3 is 0 Å². The third-order valence-corrected chi connectivity index (χ3v) is 9.69. The molecule has 9 rings (SSSR count). The van der Waals surface area contributed by atoms with Gasteiger partial charge in [-0.3, -0.25) is 0 Å². The number of fused-ring (bicyclic) bond motifs is 4. The van der Waals surface area contributed by atoms with E-state index < -0.39 is 0 Å². The molecule has 0 unspecified atom stereocenters. The number of hydrogen-bond donors (Lipinski definition) is 0. The second kappa shape index (κ2) is 11.0. The lowest BCUT2D eigenvalue weighted by Gasteiger charge is -2.11. The van der Waals surface area contributed by atoms with E-state index in [1.807, 2.05) is 35.6 Å². The number of nitrogens with zero attached hydrogens (tertiary/aromatic N) is 2. The summed E-state index contributed by atoms with van der Waals surface area (Å²) >= 11 is 1.82. The highest BCUT2D eigenvalue weighted by molar-refractivity contribution is 7.22. The van der Waals surface area contributed by atoms with Gasteiger partial charge in [0.15, 0.2) is 5.82 Å². The number of rotatable bonds is 5. The summed E-state index contributed by atoms with van der Waals surface area (Å²) in [4.78, 5) is 11.6. The maximum Gasteiger partial charge on any atom is 0.164 e. The summed E-state index contributed by atoms with van der Waals surface area (Å²) in [6.45, 7) is 0. The molecule has 216 valence electrons. The molecule has 0 saturated carbocycles. The zero-order valence-corrected chi connectivity index (χ0v) is 25.5. The molecular formula is C42H26N2OS. The van der Waals surface area contributed by atoms with Crippen molar-refractivity contribution in [2.45, 2.75) is 0 Å². The average molecular weight is 607 g/mol. The normalized spacial score (nSPS) is 11.5. The molecule has 3 aromatic heterocycles. The first kappa shape index (κ1) is 26.6. The van der Waals surface area contributed by atoms with Gasteiger partial charge in [-0.05, 0) is 58.5 Å². The van der Waals surface area contributed by atoms with Crippen LogP contribution in [0.1, 0.15) is 0 Å². The monoisotopic (exact) mass is 606 g/mol. The molecule has 0 spiro atoms. The van der Waals surface area contributed by atoms with Crippen molar-refractivity contribution in [1.82, 2.24) is 9.97 Å². The van der Waals surface area contributed by atoms with Gasteiger partial charge in [0, 0.05) is 31.5 Å². The SMILES string of the molecule is c1ccc(-c2cccc(-c3cc(-c4ccc(-c5cc6ccccc6s5)cc4)nc(-c4cccc5c4oc4ccccc45)n3)c2)cc1. The van der Waals surface area contributed by atoms with E-state index >= 15 is 0 Å². The van der Waals surface area contributed by atoms with E-state index in [1.54, 1.807) is 0 Å². The zero-order chi connectivity index (χ0) is 30.5. The Balaban J connectivity index is 1.20. The van der Waals surface area contributed by atoms with Gasteiger partial charge < -0.3 is 4.42 Å². The number of thiophene rings is 1. The quantitative estimate of drug-likeness (QED) is 0.196. The van der Waals surface area contributed by atoms with E-state index in [0.717, 1.165) is 55.6 Å². The van der Waals surface area contributed by atoms with E-state index in [9.17, 15) is 0 Å². The molecule has 0 atom stereocenters. The summed E-state index contributed by atoms with van der Waals surface area (Å²) in [5.41, 5.74) is 9.82. The molecule has 0 amide bonds. The van der Waals surface area contributed by atoms with Gasteiger partial charge in [-0.1, -0.05) is 121 Å². The lowest BCUT2D eigenvalue weighted by atomic mass is 10.00. The predicted molar refractivity (Wildman–Crippen MR) is 192 cm³/mol. The molecule has 0 radical (unpaired) electrons. The minimum Gasteiger partial charge on any atom is -0.455 e. The topological polar surface area (TPSA) is 38.9 Å². The predicted octanol–water partition coefficient (Wildman–Crippen LogP) is 11.9. The van der Waals surface area contributed by atoms with Gasteiger partial charge in [0.25, 0.3) is 0 Å². The fraction of sp³-hybridized carbons (Fsp3) is 0. The van der Waals surface area contributed by atoms with Crippen LogP contribution >= 0.6 is 11.3 Å². The van der Waals surface area contributed by atoms with Crippen molar-refractivity contribution in [3.8, 4) is 55.5 Å². The number of para-hydroxylation sites is 2. The summed E-state index contributed by atoms with van der Waals surface area (Å²) in [5.74, 6) is 0.635. The maximum absolute atomic E-state index is 6.42. The van der Waals surface area contributed by atoms with Crippen LogP contribution in [0.3, 0.4) is 0 Å². The van der Waals surface area contributed by atoms with Crippen LogP contribution in [0.15, 0.2) is 162 Å². The average Bonchev–Trinajstić information content (AvgIpc) is 3.74. The van der Waals surface area contributed by atoms with Gasteiger partial charge in [-0.25, -0.2) is 9.97 Å². The Kier molecular flexibility index (Phi) is 6.32. The number of hydrogen-bond acceptors (Lipinski definition) is 4. The Labute approximate surface area is 270 Å². The van der Waals surface area contributed by atoms with Gasteiger partial charge in [-0.2, -0.15) is 0 Å². The van der Waals surface area contributed by atoms with Crippen molar-refractivity contribution < 1.29 is 4.42 Å². The van der Waals surface area contributed by atoms with E-state index in [1.165, 1.54) is 26.1 Å². The van der Waals surface area contributed by atoms with Crippen LogP contribution in [0.5, 0.6) is 0 Å². The maximum atomic E-state index is 6.42. The Morgan fingerprint density at radius 2 is 1.13 bits per heavy atom. The Morgan fingerprint density at radius 1 is 0.457 bits per heavy atom. The molecule has 4 heteroatoms. The second-order valence-electron chi connectivity index (χ2n) is 11.4. The largest absolute Gasteiger partial charge is 0.455 e. The summed E-state index contributed by atoms with van der Waals surface area (Å²) in [7, 11) is 0. The van der Waals surface area contributed by atoms with Crippen LogP contribution in [0, 0.1) is 0 Å². The lowest BCUT2D eigenvalue weighted by molar-refractivity contribution is 0.669. The first-order valence-corrected chi connectivity index (χ1v) is 16.1. The first-order chi connectivity index (χ1) is 22.8. The molecule has 0 aliphatic heterocycles. The molecule has 0 aliphatic rings. The molecule has 0 saturated heterocycles. The van der Waals surface area contributed by atoms with Crippen molar-refractivity contribution in [1.29, 1.82) is 0 Å². The molecule has 6 aromatic carbocycles. The highest BCUT2D eigenvalue weighted by atomic mass is 32.1. The molecule has 46 heavy (non-hydrogen) atoms. The third kappa shape index (κ3) is 4.68. The van der Waals surface area contributed by atoms with E-state index in [2.05, 4.69) is 133 Å². The first-order valence-electron chi connectivity index (χ1n) is 15.3. The highest BCUT2D eigenvalue weighted by Gasteiger charge is 2.17. The summed E-state index contributed by atoms with van der Waals surface area (Å²) in [6.07, 6.45) is 0. The Bertz CT molecular complexity index is 2490. The lowest BCUT2D eigenvalue weighted by Crippen LogP contribution is -1.96. The van der Waals surface area contributed by atoms with E-state index in [0.29, 0.717) is 5.82 Å². The molecule has 0 aliphatic carbocycles. The summed E-state index contributed by atoms with van der Waals surface area (Å²) in [5, 5.41) is 3.42. The van der Waals surface area contributed by atoms with Crippen LogP contribution in [-0.2, 0) is 0 Å². The number of aromatic nitrogens is 2. The number of furan rings is 1. The summed E-state index contributed by atoms with van der Waals surface area (Å²) in [6, 6.07) is 55.0. The Hall–Kier alpha value is -5.84. The van der Waals surface area contributed by atoms with Gasteiger partial charge in [0.05, 0.1) is 17.0 Å². The minimum absolute atomic E-state index is 0.635. The molecule has 0 N–H and O–H groups in total. The molecular weight excluding hydrogens is 581 g/mol. The zero-order valence-electron chi connectivity index (χ0n) is 24.7. The van der Waals surface area contributed by atoms with Crippen molar-refractivity contribution in [3.63, 3.8) is 0 Å². The third-order valence-electron chi connectivity index (χ3n) is 8.53. The van der Waals surface area contributed by atoms with Gasteiger partial charge in [-0.15, -0.1) is 11.3 Å². The summed E-state index contributed by atoms with van der Waals surface area (Å²) < 4.78 is 7.71. The van der Waals surface area contributed by atoms with Crippen molar-refractivity contribution in [3.05, 3.63) is 158 Å². The molecule has 3 nitrogen and oxygen atoms in total. The van der Waals surface area contributed by atoms with Crippen LogP contribution in [0.25, 0.3) is 87.5 Å². The Morgan fingerprint density at radius 3 is 2.00 bits per heavy atom. The molecule has 0 fully saturated rings. The fourth-order valence-corrected chi connectivity index (χ4v) is 7.27. The van der Waals surface area contributed by atoms with E-state index in [-0.39, 0.29) is 0 Å². The molecule has 0 bridgehead atoms. The number of benzene rings is 6. The van der Waals surface area contributed by atoms with Crippen LogP contribution in [-0.4, -0.2) is 9.97 Å². The van der Waals surface area contributed by atoms with E-state index in [4.69, 9.17) is 14.4 Å². The minimum atomic E-state index is 0.635. The standard InChI is InChI=1S/C42H26N2OS/c1-2-10-27(11-3-1)30-13-8-14-31(24-30)37-26-36(28-20-22-29(23-21-28)40-25-32-12-4-7-19-39(32)46-40)43-42(44-37)35-17-9-16-34-33-15-5-6-18-38(33)45-41(34)35/h1-26H. The van der Waals surface area contributed by atoms with Crippen LogP contribution in [0.4, 0.5) is 0 Å². The van der Waals surface area contributed by atoms with Crippen molar-refractivity contribution in [2.24, 2.45) is 0 Å². The van der Waals surface area contributed by atoms with Gasteiger partial charge in [0.1, 0.15) is 11.2 Å². The highest BCUT2D eigenvalue weighted by Crippen LogP contribution is 2.38. The molecule has 3 heterocycles. The van der Waals surface area contributed by atoms with Crippen molar-refractivity contribution in [2.75, 3.05) is 0 Å². The van der Waals surface area contributed by atoms with Crippen LogP contribution in [0.2, 0.25) is 0 Å². The van der Waals surface area contributed by atoms with Crippen LogP contribution < -0.4 is 0 Å². The second-order valence-corrected chi connectivity index (χ2v) is 12.5. The molecule has 9 aromatic rings. The smallest absolute Gasteiger partial charge is 0.164 e. The van der Waals surface area contributed by atoms with Crippen molar-refractivity contribution >= 4 is 43.4 Å². The van der Waals surface area contributed by atoms with Gasteiger partial charge in [0.2, 0.25) is 0 Å². The fourth-order valence-electron chi connectivity index (χ4n) is 6.20.